The van der Waals surface area contributed by atoms with Crippen LogP contribution >= 0.6 is 11.6 Å². The highest BCUT2D eigenvalue weighted by atomic mass is 35.5. The highest BCUT2D eigenvalue weighted by molar-refractivity contribution is 7.89. The van der Waals surface area contributed by atoms with E-state index in [0.717, 1.165) is 0 Å². The highest BCUT2D eigenvalue weighted by Gasteiger charge is 2.26. The molecule has 0 aliphatic rings. The molecule has 0 saturated carbocycles. The first-order chi connectivity index (χ1) is 8.69. The molecule has 1 aromatic rings. The molecular formula is C12H22ClN3O2S. The highest BCUT2D eigenvalue weighted by Crippen LogP contribution is 2.19. The quantitative estimate of drug-likeness (QED) is 0.817. The molecule has 0 fully saturated rings. The molecule has 110 valence electrons. The van der Waals surface area contributed by atoms with Gasteiger partial charge in [-0.05, 0) is 26.2 Å². The first-order valence-electron chi connectivity index (χ1n) is 6.27. The Labute approximate surface area is 120 Å². The number of aryl methyl sites for hydroxylation is 2. The number of alkyl halides is 1. The number of nitrogens with one attached hydrogen (secondary N) is 1. The Morgan fingerprint density at radius 1 is 1.37 bits per heavy atom. The van der Waals surface area contributed by atoms with E-state index in [1.807, 2.05) is 13.8 Å². The molecule has 1 heterocycles. The molecule has 0 aliphatic heterocycles. The molecule has 7 heteroatoms. The van der Waals surface area contributed by atoms with Crippen LogP contribution in [0.15, 0.2) is 4.90 Å². The lowest BCUT2D eigenvalue weighted by molar-refractivity contribution is 0.485. The average molecular weight is 308 g/mol. The zero-order chi connectivity index (χ0) is 14.8. The molecule has 1 rings (SSSR count). The maximum Gasteiger partial charge on any atom is 0.244 e. The van der Waals surface area contributed by atoms with Crippen LogP contribution in [0.4, 0.5) is 0 Å². The lowest BCUT2D eigenvalue weighted by Gasteiger charge is -2.18. The van der Waals surface area contributed by atoms with Gasteiger partial charge in [0.25, 0.3) is 0 Å². The van der Waals surface area contributed by atoms with Crippen molar-refractivity contribution >= 4 is 21.6 Å². The van der Waals surface area contributed by atoms with Crippen LogP contribution in [0.1, 0.15) is 31.7 Å². The molecule has 19 heavy (non-hydrogen) atoms. The summed E-state index contributed by atoms with van der Waals surface area (Å²) >= 11 is 5.84. The van der Waals surface area contributed by atoms with Crippen molar-refractivity contribution < 1.29 is 8.42 Å². The molecular weight excluding hydrogens is 286 g/mol. The molecule has 0 spiro atoms. The minimum absolute atomic E-state index is 0.258. The Balaban J connectivity index is 3.04. The van der Waals surface area contributed by atoms with E-state index in [1.165, 1.54) is 0 Å². The summed E-state index contributed by atoms with van der Waals surface area (Å²) in [6.07, 6.45) is 0.709. The van der Waals surface area contributed by atoms with Gasteiger partial charge in [-0.3, -0.25) is 4.68 Å². The minimum atomic E-state index is -3.58. The van der Waals surface area contributed by atoms with Crippen molar-refractivity contribution in [2.24, 2.45) is 13.0 Å². The number of rotatable bonds is 6. The lowest BCUT2D eigenvalue weighted by Crippen LogP contribution is -2.37. The number of hydrogen-bond donors (Lipinski definition) is 1. The van der Waals surface area contributed by atoms with Crippen LogP contribution in [0.2, 0.25) is 0 Å². The van der Waals surface area contributed by atoms with Gasteiger partial charge in [-0.15, -0.1) is 11.6 Å². The SMILES string of the molecule is Cc1nn(C)c(C)c1S(=O)(=O)NC(CCl)CC(C)C. The van der Waals surface area contributed by atoms with E-state index >= 15 is 0 Å². The largest absolute Gasteiger partial charge is 0.271 e. The normalized spacial score (nSPS) is 14.1. The van der Waals surface area contributed by atoms with Gasteiger partial charge in [0.2, 0.25) is 10.0 Å². The second-order valence-corrected chi connectivity index (χ2v) is 7.19. The van der Waals surface area contributed by atoms with E-state index in [-0.39, 0.29) is 16.8 Å². The second kappa shape index (κ2) is 6.24. The van der Waals surface area contributed by atoms with Gasteiger partial charge in [0, 0.05) is 19.0 Å². The molecule has 1 unspecified atom stereocenters. The molecule has 0 saturated heterocycles. The van der Waals surface area contributed by atoms with E-state index in [1.54, 1.807) is 25.6 Å². The van der Waals surface area contributed by atoms with E-state index in [4.69, 9.17) is 11.6 Å². The molecule has 0 aliphatic carbocycles. The van der Waals surface area contributed by atoms with Gasteiger partial charge in [-0.1, -0.05) is 13.8 Å². The summed E-state index contributed by atoms with van der Waals surface area (Å²) in [7, 11) is -1.84. The average Bonchev–Trinajstić information content (AvgIpc) is 2.51. The molecule has 5 nitrogen and oxygen atoms in total. The zero-order valence-corrected chi connectivity index (χ0v) is 13.6. The van der Waals surface area contributed by atoms with Crippen molar-refractivity contribution in [3.8, 4) is 0 Å². The predicted molar refractivity (Wildman–Crippen MR) is 77.0 cm³/mol. The van der Waals surface area contributed by atoms with Gasteiger partial charge in [-0.2, -0.15) is 5.10 Å². The van der Waals surface area contributed by atoms with Crippen molar-refractivity contribution in [1.82, 2.24) is 14.5 Å². The lowest BCUT2D eigenvalue weighted by atomic mass is 10.1. The van der Waals surface area contributed by atoms with Gasteiger partial charge in [0.05, 0.1) is 11.4 Å². The summed E-state index contributed by atoms with van der Waals surface area (Å²) in [6, 6.07) is -0.259. The Kier molecular flexibility index (Phi) is 5.41. The van der Waals surface area contributed by atoms with Crippen LogP contribution in [-0.2, 0) is 17.1 Å². The van der Waals surface area contributed by atoms with Crippen molar-refractivity contribution in [3.05, 3.63) is 11.4 Å². The van der Waals surface area contributed by atoms with Crippen LogP contribution in [0, 0.1) is 19.8 Å². The van der Waals surface area contributed by atoms with Gasteiger partial charge in [0.1, 0.15) is 4.90 Å². The molecule has 0 amide bonds. The molecule has 0 radical (unpaired) electrons. The maximum atomic E-state index is 12.4. The first kappa shape index (κ1) is 16.5. The summed E-state index contributed by atoms with van der Waals surface area (Å²) in [4.78, 5) is 0.258. The van der Waals surface area contributed by atoms with Gasteiger partial charge >= 0.3 is 0 Å². The standard InChI is InChI=1S/C12H22ClN3O2S/c1-8(2)6-11(7-13)15-19(17,18)12-9(3)14-16(5)10(12)4/h8,11,15H,6-7H2,1-5H3. The molecule has 0 bridgehead atoms. The Bertz CT molecular complexity index is 537. The van der Waals surface area contributed by atoms with Gasteiger partial charge in [-0.25, -0.2) is 13.1 Å². The molecule has 1 atom stereocenters. The topological polar surface area (TPSA) is 64.0 Å². The van der Waals surface area contributed by atoms with Crippen molar-refractivity contribution in [2.75, 3.05) is 5.88 Å². The van der Waals surface area contributed by atoms with Gasteiger partial charge < -0.3 is 0 Å². The minimum Gasteiger partial charge on any atom is -0.271 e. The predicted octanol–water partition coefficient (Wildman–Crippen LogP) is 1.97. The van der Waals surface area contributed by atoms with Gasteiger partial charge in [0.15, 0.2) is 0 Å². The Morgan fingerprint density at radius 3 is 2.32 bits per heavy atom. The summed E-state index contributed by atoms with van der Waals surface area (Å²) in [6.45, 7) is 7.51. The summed E-state index contributed by atoms with van der Waals surface area (Å²) in [5.41, 5.74) is 1.13. The fourth-order valence-electron chi connectivity index (χ4n) is 2.13. The van der Waals surface area contributed by atoms with Crippen LogP contribution in [-0.4, -0.2) is 30.1 Å². The second-order valence-electron chi connectivity index (χ2n) is 5.23. The van der Waals surface area contributed by atoms with Crippen molar-refractivity contribution in [2.45, 2.75) is 45.1 Å². The van der Waals surface area contributed by atoms with Crippen LogP contribution in [0.5, 0.6) is 0 Å². The molecule has 0 aromatic carbocycles. The van der Waals surface area contributed by atoms with Crippen LogP contribution in [0.25, 0.3) is 0 Å². The number of halogens is 1. The summed E-state index contributed by atoms with van der Waals surface area (Å²) in [5.74, 6) is 0.637. The van der Waals surface area contributed by atoms with Crippen LogP contribution in [0.3, 0.4) is 0 Å². The van der Waals surface area contributed by atoms with E-state index in [2.05, 4.69) is 9.82 Å². The van der Waals surface area contributed by atoms with E-state index in [9.17, 15) is 8.42 Å². The third kappa shape index (κ3) is 3.94. The number of aromatic nitrogens is 2. The van der Waals surface area contributed by atoms with Crippen molar-refractivity contribution in [1.29, 1.82) is 0 Å². The Morgan fingerprint density at radius 2 is 1.95 bits per heavy atom. The molecule has 1 aromatic heterocycles. The fraction of sp³-hybridized carbons (Fsp3) is 0.750. The third-order valence-electron chi connectivity index (χ3n) is 2.98. The van der Waals surface area contributed by atoms with Crippen LogP contribution < -0.4 is 4.72 Å². The smallest absolute Gasteiger partial charge is 0.244 e. The monoisotopic (exact) mass is 307 g/mol. The van der Waals surface area contributed by atoms with Crippen molar-refractivity contribution in [3.63, 3.8) is 0 Å². The maximum absolute atomic E-state index is 12.4. The summed E-state index contributed by atoms with van der Waals surface area (Å²) < 4.78 is 29.1. The zero-order valence-electron chi connectivity index (χ0n) is 12.1. The molecule has 1 N–H and O–H groups in total. The fourth-order valence-corrected chi connectivity index (χ4v) is 4.11. The Hall–Kier alpha value is -0.590. The number of sulfonamides is 1. The number of nitrogens with zero attached hydrogens (tertiary/aromatic N) is 2. The number of hydrogen-bond acceptors (Lipinski definition) is 3. The first-order valence-corrected chi connectivity index (χ1v) is 8.29. The summed E-state index contributed by atoms with van der Waals surface area (Å²) in [5, 5.41) is 4.14. The van der Waals surface area contributed by atoms with E-state index < -0.39 is 10.0 Å². The van der Waals surface area contributed by atoms with E-state index in [0.29, 0.717) is 23.7 Å². The third-order valence-corrected chi connectivity index (χ3v) is 5.12.